The number of aromatic nitrogens is 3. The number of hydrogen-bond donors (Lipinski definition) is 0. The first kappa shape index (κ1) is 19.9. The molecule has 0 spiro atoms. The molecule has 3 aromatic rings. The van der Waals surface area contributed by atoms with Crippen molar-refractivity contribution in [2.75, 3.05) is 19.5 Å². The molecular formula is C21H23N3O3S. The van der Waals surface area contributed by atoms with Gasteiger partial charge in [0.2, 0.25) is 0 Å². The molecule has 0 aliphatic rings. The molecule has 0 fully saturated rings. The van der Waals surface area contributed by atoms with Crippen molar-refractivity contribution in [3.63, 3.8) is 0 Å². The maximum atomic E-state index is 12.5. The molecule has 6 nitrogen and oxygen atoms in total. The number of para-hydroxylation sites is 1. The molecule has 0 N–H and O–H groups in total. The highest BCUT2D eigenvalue weighted by molar-refractivity contribution is 7.99. The monoisotopic (exact) mass is 397 g/mol. The summed E-state index contributed by atoms with van der Waals surface area (Å²) in [6.07, 6.45) is 0. The highest BCUT2D eigenvalue weighted by Gasteiger charge is 2.17. The van der Waals surface area contributed by atoms with Crippen LogP contribution in [0.5, 0.6) is 11.5 Å². The summed E-state index contributed by atoms with van der Waals surface area (Å²) in [6, 6.07) is 14.9. The van der Waals surface area contributed by atoms with Gasteiger partial charge in [-0.05, 0) is 50.2 Å². The molecule has 2 aromatic carbocycles. The lowest BCUT2D eigenvalue weighted by molar-refractivity contribution is 0.102. The van der Waals surface area contributed by atoms with Gasteiger partial charge in [0, 0.05) is 12.1 Å². The van der Waals surface area contributed by atoms with E-state index in [-0.39, 0.29) is 11.5 Å². The topological polar surface area (TPSA) is 66.2 Å². The first-order valence-corrected chi connectivity index (χ1v) is 10.1. The van der Waals surface area contributed by atoms with E-state index in [4.69, 9.17) is 9.47 Å². The average Bonchev–Trinajstić information content (AvgIpc) is 3.15. The largest absolute Gasteiger partial charge is 0.496 e. The van der Waals surface area contributed by atoms with Gasteiger partial charge < -0.3 is 14.0 Å². The van der Waals surface area contributed by atoms with E-state index in [1.165, 1.54) is 11.8 Å². The number of hydrogen-bond acceptors (Lipinski definition) is 6. The van der Waals surface area contributed by atoms with Crippen LogP contribution in [0.4, 0.5) is 0 Å². The van der Waals surface area contributed by atoms with Gasteiger partial charge in [-0.15, -0.1) is 10.2 Å². The van der Waals surface area contributed by atoms with Crippen LogP contribution in [0.25, 0.3) is 11.4 Å². The summed E-state index contributed by atoms with van der Waals surface area (Å²) in [7, 11) is 1.64. The maximum absolute atomic E-state index is 12.5. The Balaban J connectivity index is 1.74. The van der Waals surface area contributed by atoms with E-state index in [0.717, 1.165) is 22.9 Å². The average molecular weight is 398 g/mol. The molecule has 1 aromatic heterocycles. The Morgan fingerprint density at radius 2 is 1.82 bits per heavy atom. The van der Waals surface area contributed by atoms with Crippen molar-refractivity contribution in [2.24, 2.45) is 0 Å². The molecule has 0 saturated carbocycles. The van der Waals surface area contributed by atoms with E-state index in [1.54, 1.807) is 19.2 Å². The summed E-state index contributed by atoms with van der Waals surface area (Å²) >= 11 is 1.39. The van der Waals surface area contributed by atoms with E-state index in [9.17, 15) is 4.79 Å². The number of Topliss-reactive ketones (excluding diaryl/α,β-unsaturated/α-hetero) is 1. The molecule has 146 valence electrons. The Kier molecular flexibility index (Phi) is 6.71. The number of ketones is 1. The number of nitrogens with zero attached hydrogens (tertiary/aromatic N) is 3. The van der Waals surface area contributed by atoms with Crippen LogP contribution in [0.2, 0.25) is 0 Å². The number of carbonyl (C=O) groups excluding carboxylic acids is 1. The van der Waals surface area contributed by atoms with Crippen LogP contribution in [0.1, 0.15) is 24.2 Å². The third-order valence-corrected chi connectivity index (χ3v) is 5.17. The fraction of sp³-hybridized carbons (Fsp3) is 0.286. The van der Waals surface area contributed by atoms with Crippen molar-refractivity contribution in [3.8, 4) is 22.9 Å². The van der Waals surface area contributed by atoms with Crippen molar-refractivity contribution >= 4 is 17.5 Å². The normalized spacial score (nSPS) is 10.7. The van der Waals surface area contributed by atoms with Gasteiger partial charge in [-0.25, -0.2) is 0 Å². The molecule has 0 aliphatic heterocycles. The third kappa shape index (κ3) is 4.36. The molecule has 1 heterocycles. The Hall–Kier alpha value is -2.80. The molecule has 0 radical (unpaired) electrons. The van der Waals surface area contributed by atoms with Crippen molar-refractivity contribution in [3.05, 3.63) is 54.1 Å². The number of rotatable bonds is 9. The number of benzene rings is 2. The number of carbonyl (C=O) groups is 1. The molecule has 0 saturated heterocycles. The van der Waals surface area contributed by atoms with Crippen LogP contribution in [-0.4, -0.2) is 40.0 Å². The molecule has 28 heavy (non-hydrogen) atoms. The minimum absolute atomic E-state index is 0.0394. The zero-order valence-electron chi connectivity index (χ0n) is 16.2. The van der Waals surface area contributed by atoms with Gasteiger partial charge in [0.05, 0.1) is 25.0 Å². The predicted octanol–water partition coefficient (Wildman–Crippen LogP) is 4.35. The van der Waals surface area contributed by atoms with E-state index in [1.807, 2.05) is 54.8 Å². The minimum atomic E-state index is 0.0394. The van der Waals surface area contributed by atoms with Gasteiger partial charge in [0.1, 0.15) is 11.5 Å². The second-order valence-electron chi connectivity index (χ2n) is 5.92. The van der Waals surface area contributed by atoms with Gasteiger partial charge in [-0.3, -0.25) is 4.79 Å². The third-order valence-electron chi connectivity index (χ3n) is 4.20. The second-order valence-corrected chi connectivity index (χ2v) is 6.86. The summed E-state index contributed by atoms with van der Waals surface area (Å²) in [5.74, 6) is 2.57. The number of ether oxygens (including phenoxy) is 2. The van der Waals surface area contributed by atoms with Gasteiger partial charge in [0.15, 0.2) is 16.8 Å². The smallest absolute Gasteiger partial charge is 0.191 e. The van der Waals surface area contributed by atoms with E-state index < -0.39 is 0 Å². The first-order chi connectivity index (χ1) is 13.7. The molecular weight excluding hydrogens is 374 g/mol. The standard InChI is InChI=1S/C21H23N3O3S/c1-4-24-20(17-8-6-7-9-19(17)26-3)22-23-21(24)28-14-18(25)15-10-12-16(13-11-15)27-5-2/h6-13H,4-5,14H2,1-3H3. The summed E-state index contributed by atoms with van der Waals surface area (Å²) < 4.78 is 12.8. The lowest BCUT2D eigenvalue weighted by Gasteiger charge is -2.10. The highest BCUT2D eigenvalue weighted by Crippen LogP contribution is 2.31. The SMILES string of the molecule is CCOc1ccc(C(=O)CSc2nnc(-c3ccccc3OC)n2CC)cc1. The minimum Gasteiger partial charge on any atom is -0.496 e. The Bertz CT molecular complexity index is 938. The van der Waals surface area contributed by atoms with Crippen LogP contribution in [0.3, 0.4) is 0 Å². The fourth-order valence-corrected chi connectivity index (χ4v) is 3.72. The van der Waals surface area contributed by atoms with Gasteiger partial charge in [0.25, 0.3) is 0 Å². The maximum Gasteiger partial charge on any atom is 0.191 e. The van der Waals surface area contributed by atoms with Crippen LogP contribution in [-0.2, 0) is 6.54 Å². The van der Waals surface area contributed by atoms with E-state index >= 15 is 0 Å². The van der Waals surface area contributed by atoms with Crippen LogP contribution in [0.15, 0.2) is 53.7 Å². The number of thioether (sulfide) groups is 1. The zero-order valence-corrected chi connectivity index (χ0v) is 17.0. The molecule has 3 rings (SSSR count). The Morgan fingerprint density at radius 1 is 1.07 bits per heavy atom. The quantitative estimate of drug-likeness (QED) is 0.395. The summed E-state index contributed by atoms with van der Waals surface area (Å²) in [4.78, 5) is 12.5. The van der Waals surface area contributed by atoms with Crippen molar-refractivity contribution in [1.82, 2.24) is 14.8 Å². The van der Waals surface area contributed by atoms with Crippen LogP contribution in [0, 0.1) is 0 Å². The van der Waals surface area contributed by atoms with Gasteiger partial charge >= 0.3 is 0 Å². The molecule has 0 unspecified atom stereocenters. The molecule has 0 bridgehead atoms. The second kappa shape index (κ2) is 9.41. The molecule has 0 atom stereocenters. The Morgan fingerprint density at radius 3 is 2.50 bits per heavy atom. The van der Waals surface area contributed by atoms with Crippen LogP contribution < -0.4 is 9.47 Å². The zero-order chi connectivity index (χ0) is 19.9. The lowest BCUT2D eigenvalue weighted by atomic mass is 10.1. The van der Waals surface area contributed by atoms with E-state index in [2.05, 4.69) is 10.2 Å². The number of methoxy groups -OCH3 is 1. The highest BCUT2D eigenvalue weighted by atomic mass is 32.2. The molecule has 0 amide bonds. The summed E-state index contributed by atoms with van der Waals surface area (Å²) in [5.41, 5.74) is 1.53. The van der Waals surface area contributed by atoms with Gasteiger partial charge in [-0.1, -0.05) is 23.9 Å². The predicted molar refractivity (Wildman–Crippen MR) is 110 cm³/mol. The van der Waals surface area contributed by atoms with Crippen LogP contribution >= 0.6 is 11.8 Å². The lowest BCUT2D eigenvalue weighted by Crippen LogP contribution is -2.05. The van der Waals surface area contributed by atoms with Gasteiger partial charge in [-0.2, -0.15) is 0 Å². The first-order valence-electron chi connectivity index (χ1n) is 9.13. The van der Waals surface area contributed by atoms with Crippen molar-refractivity contribution in [2.45, 2.75) is 25.5 Å². The van der Waals surface area contributed by atoms with E-state index in [0.29, 0.717) is 23.9 Å². The summed E-state index contributed by atoms with van der Waals surface area (Å²) in [5, 5.41) is 9.33. The Labute approximate surface area is 168 Å². The fourth-order valence-electron chi connectivity index (χ4n) is 2.83. The van der Waals surface area contributed by atoms with Crippen molar-refractivity contribution < 1.29 is 14.3 Å². The summed E-state index contributed by atoms with van der Waals surface area (Å²) in [6.45, 7) is 5.25. The molecule has 0 aliphatic carbocycles. The van der Waals surface area contributed by atoms with Crippen molar-refractivity contribution in [1.29, 1.82) is 0 Å². The molecule has 7 heteroatoms.